The average molecular weight is 331 g/mol. The van der Waals surface area contributed by atoms with Gasteiger partial charge in [0.1, 0.15) is 29.5 Å². The van der Waals surface area contributed by atoms with Crippen molar-refractivity contribution >= 4 is 11.7 Å². The molecule has 0 aliphatic carbocycles. The first kappa shape index (κ1) is 17.1. The zero-order valence-corrected chi connectivity index (χ0v) is 12.7. The Morgan fingerprint density at radius 3 is 2.04 bits per heavy atom. The fourth-order valence-electron chi connectivity index (χ4n) is 2.26. The van der Waals surface area contributed by atoms with Crippen LogP contribution in [0.2, 0.25) is 0 Å². The Morgan fingerprint density at radius 1 is 0.917 bits per heavy atom. The number of carbonyl (C=O) groups is 1. The Hall–Kier alpha value is -3.22. The number of phenols is 4. The van der Waals surface area contributed by atoms with Crippen molar-refractivity contribution in [3.05, 3.63) is 47.5 Å². The molecular weight excluding hydrogens is 314 g/mol. The van der Waals surface area contributed by atoms with Gasteiger partial charge in [-0.1, -0.05) is 12.1 Å². The van der Waals surface area contributed by atoms with Crippen molar-refractivity contribution in [3.63, 3.8) is 0 Å². The van der Waals surface area contributed by atoms with Crippen LogP contribution in [0.1, 0.15) is 17.5 Å². The molecular formula is C17H17NO6. The minimum atomic E-state index is -1.14. The molecule has 0 unspecified atom stereocenters. The largest absolute Gasteiger partial charge is 0.508 e. The maximum absolute atomic E-state index is 10.8. The summed E-state index contributed by atoms with van der Waals surface area (Å²) in [5.41, 5.74) is 1.07. The summed E-state index contributed by atoms with van der Waals surface area (Å²) < 4.78 is 0. The number of phenolic OH excluding ortho intramolecular Hbond substituents is 4. The van der Waals surface area contributed by atoms with Crippen molar-refractivity contribution in [2.75, 3.05) is 6.54 Å². The van der Waals surface area contributed by atoms with Gasteiger partial charge in [0.05, 0.1) is 11.3 Å². The Morgan fingerprint density at radius 2 is 1.50 bits per heavy atom. The zero-order valence-electron chi connectivity index (χ0n) is 12.7. The average Bonchev–Trinajstić information content (AvgIpc) is 2.49. The number of nitrogens with zero attached hydrogens (tertiary/aromatic N) is 1. The number of rotatable bonds is 6. The van der Waals surface area contributed by atoms with E-state index in [1.165, 1.54) is 12.1 Å². The lowest BCUT2D eigenvalue weighted by atomic mass is 10.00. The molecule has 0 aliphatic rings. The van der Waals surface area contributed by atoms with Crippen molar-refractivity contribution in [3.8, 4) is 23.0 Å². The first-order valence-corrected chi connectivity index (χ1v) is 7.15. The molecule has 0 spiro atoms. The number of benzene rings is 2. The van der Waals surface area contributed by atoms with Crippen LogP contribution in [0.4, 0.5) is 0 Å². The summed E-state index contributed by atoms with van der Waals surface area (Å²) in [6.07, 6.45) is 0.711. The van der Waals surface area contributed by atoms with Crippen LogP contribution in [-0.4, -0.2) is 43.8 Å². The number of aliphatic carboxylic acids is 1. The molecule has 0 fully saturated rings. The first-order chi connectivity index (χ1) is 11.4. The molecule has 0 atom stereocenters. The van der Waals surface area contributed by atoms with E-state index in [4.69, 9.17) is 5.11 Å². The Labute approximate surface area is 137 Å². The van der Waals surface area contributed by atoms with Crippen LogP contribution >= 0.6 is 0 Å². The molecule has 0 aromatic heterocycles. The number of hydrogen-bond donors (Lipinski definition) is 5. The molecule has 2 rings (SSSR count). The van der Waals surface area contributed by atoms with Crippen LogP contribution in [-0.2, 0) is 11.2 Å². The van der Waals surface area contributed by atoms with Gasteiger partial charge < -0.3 is 25.5 Å². The molecule has 24 heavy (non-hydrogen) atoms. The summed E-state index contributed by atoms with van der Waals surface area (Å²) >= 11 is 0. The van der Waals surface area contributed by atoms with Crippen molar-refractivity contribution in [1.82, 2.24) is 0 Å². The molecule has 2 aromatic carbocycles. The number of carboxylic acid groups (broad SMARTS) is 1. The quantitative estimate of drug-likeness (QED) is 0.515. The Kier molecular flexibility index (Phi) is 5.26. The standard InChI is InChI=1S/C17H17NO6/c19-11-4-1-10(2-5-11)3-6-13(18-9-16(23)24)17-14(21)7-12(20)8-15(17)22/h1-2,4-5,7-8,19-22H,3,6,9H2,(H,23,24). The normalized spacial score (nSPS) is 11.4. The SMILES string of the molecule is O=C(O)CN=C(CCc1ccc(O)cc1)c1c(O)cc(O)cc1O. The van der Waals surface area contributed by atoms with E-state index < -0.39 is 12.5 Å². The smallest absolute Gasteiger partial charge is 0.325 e. The number of aliphatic imine (C=N–C) groups is 1. The predicted molar refractivity (Wildman–Crippen MR) is 86.9 cm³/mol. The summed E-state index contributed by atoms with van der Waals surface area (Å²) in [5, 5.41) is 47.4. The third-order valence-corrected chi connectivity index (χ3v) is 3.36. The van der Waals surface area contributed by atoms with Crippen LogP contribution in [0.3, 0.4) is 0 Å². The monoisotopic (exact) mass is 331 g/mol. The molecule has 0 heterocycles. The highest BCUT2D eigenvalue weighted by Crippen LogP contribution is 2.33. The maximum atomic E-state index is 10.8. The van der Waals surface area contributed by atoms with Crippen LogP contribution in [0, 0.1) is 0 Å². The summed E-state index contributed by atoms with van der Waals surface area (Å²) in [6.45, 7) is -0.509. The van der Waals surface area contributed by atoms with E-state index in [1.54, 1.807) is 12.1 Å². The van der Waals surface area contributed by atoms with E-state index in [9.17, 15) is 25.2 Å². The second-order valence-electron chi connectivity index (χ2n) is 5.18. The van der Waals surface area contributed by atoms with Crippen LogP contribution in [0.15, 0.2) is 41.4 Å². The predicted octanol–water partition coefficient (Wildman–Crippen LogP) is 2.02. The van der Waals surface area contributed by atoms with E-state index in [0.29, 0.717) is 6.42 Å². The van der Waals surface area contributed by atoms with Crippen LogP contribution in [0.5, 0.6) is 23.0 Å². The Bertz CT molecular complexity index is 744. The fraction of sp³-hybridized carbons (Fsp3) is 0.176. The molecule has 2 aromatic rings. The van der Waals surface area contributed by atoms with Crippen molar-refractivity contribution < 1.29 is 30.3 Å². The Balaban J connectivity index is 2.30. The van der Waals surface area contributed by atoms with Gasteiger partial charge in [-0.2, -0.15) is 0 Å². The van der Waals surface area contributed by atoms with Crippen LogP contribution < -0.4 is 0 Å². The van der Waals surface area contributed by atoms with E-state index in [-0.39, 0.29) is 40.7 Å². The first-order valence-electron chi connectivity index (χ1n) is 7.15. The molecule has 5 N–H and O–H groups in total. The minimum Gasteiger partial charge on any atom is -0.508 e. The van der Waals surface area contributed by atoms with Gasteiger partial charge in [-0.15, -0.1) is 0 Å². The van der Waals surface area contributed by atoms with Crippen molar-refractivity contribution in [2.45, 2.75) is 12.8 Å². The second-order valence-corrected chi connectivity index (χ2v) is 5.18. The maximum Gasteiger partial charge on any atom is 0.325 e. The molecule has 0 bridgehead atoms. The molecule has 126 valence electrons. The number of carboxylic acids is 1. The lowest BCUT2D eigenvalue weighted by Gasteiger charge is -2.11. The fourth-order valence-corrected chi connectivity index (χ4v) is 2.26. The van der Waals surface area contributed by atoms with E-state index in [2.05, 4.69) is 4.99 Å². The van der Waals surface area contributed by atoms with E-state index in [1.807, 2.05) is 0 Å². The van der Waals surface area contributed by atoms with Crippen molar-refractivity contribution in [1.29, 1.82) is 0 Å². The van der Waals surface area contributed by atoms with Gasteiger partial charge in [0.2, 0.25) is 0 Å². The molecule has 0 saturated heterocycles. The number of aryl methyl sites for hydroxylation is 1. The van der Waals surface area contributed by atoms with E-state index in [0.717, 1.165) is 17.7 Å². The number of aromatic hydroxyl groups is 4. The summed E-state index contributed by atoms with van der Waals surface area (Å²) in [6, 6.07) is 8.57. The van der Waals surface area contributed by atoms with Crippen LogP contribution in [0.25, 0.3) is 0 Å². The zero-order chi connectivity index (χ0) is 17.7. The second kappa shape index (κ2) is 7.36. The lowest BCUT2D eigenvalue weighted by Crippen LogP contribution is -2.09. The van der Waals surface area contributed by atoms with Gasteiger partial charge in [0.15, 0.2) is 0 Å². The summed E-state index contributed by atoms with van der Waals surface area (Å²) in [5.74, 6) is -2.10. The lowest BCUT2D eigenvalue weighted by molar-refractivity contribution is -0.135. The van der Waals surface area contributed by atoms with Gasteiger partial charge >= 0.3 is 5.97 Å². The van der Waals surface area contributed by atoms with Gasteiger partial charge in [0.25, 0.3) is 0 Å². The highest BCUT2D eigenvalue weighted by molar-refractivity contribution is 6.06. The molecule has 7 nitrogen and oxygen atoms in total. The number of hydrogen-bond acceptors (Lipinski definition) is 6. The third-order valence-electron chi connectivity index (χ3n) is 3.36. The van der Waals surface area contributed by atoms with Gasteiger partial charge in [-0.3, -0.25) is 9.79 Å². The molecule has 0 radical (unpaired) electrons. The molecule has 0 aliphatic heterocycles. The molecule has 0 saturated carbocycles. The van der Waals surface area contributed by atoms with Crippen molar-refractivity contribution in [2.24, 2.45) is 4.99 Å². The van der Waals surface area contributed by atoms with E-state index >= 15 is 0 Å². The molecule has 0 amide bonds. The summed E-state index contributed by atoms with van der Waals surface area (Å²) in [7, 11) is 0. The minimum absolute atomic E-state index is 0.00664. The summed E-state index contributed by atoms with van der Waals surface area (Å²) in [4.78, 5) is 14.7. The van der Waals surface area contributed by atoms with Gasteiger partial charge in [-0.25, -0.2) is 0 Å². The highest BCUT2D eigenvalue weighted by atomic mass is 16.4. The molecule has 7 heteroatoms. The topological polar surface area (TPSA) is 131 Å². The van der Waals surface area contributed by atoms with Gasteiger partial charge in [-0.05, 0) is 30.5 Å². The highest BCUT2D eigenvalue weighted by Gasteiger charge is 2.16. The van der Waals surface area contributed by atoms with Gasteiger partial charge in [0, 0.05) is 12.1 Å². The third kappa shape index (κ3) is 4.39.